The maximum absolute atomic E-state index is 12.9. The molecule has 4 nitrogen and oxygen atoms in total. The summed E-state index contributed by atoms with van der Waals surface area (Å²) in [4.78, 5) is 21.8. The van der Waals surface area contributed by atoms with Crippen molar-refractivity contribution in [2.75, 3.05) is 25.0 Å². The van der Waals surface area contributed by atoms with Crippen molar-refractivity contribution in [3.63, 3.8) is 0 Å². The van der Waals surface area contributed by atoms with Gasteiger partial charge in [0.15, 0.2) is 5.13 Å². The van der Waals surface area contributed by atoms with E-state index in [2.05, 4.69) is 20.2 Å². The van der Waals surface area contributed by atoms with Gasteiger partial charge in [-0.3, -0.25) is 4.79 Å². The smallest absolute Gasteiger partial charge is 0.227 e. The summed E-state index contributed by atoms with van der Waals surface area (Å²) < 4.78 is 0. The maximum atomic E-state index is 12.9. The molecule has 1 saturated carbocycles. The van der Waals surface area contributed by atoms with E-state index in [4.69, 9.17) is 0 Å². The fourth-order valence-electron chi connectivity index (χ4n) is 3.78. The van der Waals surface area contributed by atoms with E-state index in [0.717, 1.165) is 36.8 Å². The molecule has 2 fully saturated rings. The lowest BCUT2D eigenvalue weighted by molar-refractivity contribution is -0.137. The first-order chi connectivity index (χ1) is 10.6. The minimum atomic E-state index is 0.143. The Kier molecular flexibility index (Phi) is 5.01. The van der Waals surface area contributed by atoms with Crippen molar-refractivity contribution in [2.45, 2.75) is 57.9 Å². The van der Waals surface area contributed by atoms with Crippen LogP contribution in [0.4, 0.5) is 5.13 Å². The number of hydrogen-bond donors (Lipinski definition) is 0. The minimum absolute atomic E-state index is 0.143. The molecule has 2 heterocycles. The lowest BCUT2D eigenvalue weighted by Crippen LogP contribution is -2.47. The molecule has 1 amide bonds. The number of carbonyl (C=O) groups excluding carboxylic acids is 1. The van der Waals surface area contributed by atoms with Gasteiger partial charge in [0.05, 0.1) is 11.6 Å². The van der Waals surface area contributed by atoms with Gasteiger partial charge in [0.1, 0.15) is 0 Å². The van der Waals surface area contributed by atoms with Crippen LogP contribution in [0.5, 0.6) is 0 Å². The molecule has 1 atom stereocenters. The topological polar surface area (TPSA) is 36.4 Å². The Bertz CT molecular complexity index is 510. The maximum Gasteiger partial charge on any atom is 0.227 e. The molecule has 3 rings (SSSR count). The molecule has 0 bridgehead atoms. The fourth-order valence-corrected chi connectivity index (χ4v) is 4.62. The average molecular weight is 321 g/mol. The van der Waals surface area contributed by atoms with Gasteiger partial charge in [-0.1, -0.05) is 19.3 Å². The Labute approximate surface area is 137 Å². The normalized spacial score (nSPS) is 23.5. The molecule has 1 aromatic rings. The molecule has 0 unspecified atom stereocenters. The standard InChI is InChI=1S/C17H27N3OS/c1-13-12-22-17(18-13)20-10-6-7-14(11-20)16(21)19(2)15-8-4-3-5-9-15/h12,14-15H,3-11H2,1-2H3/t14-/m1/s1. The first kappa shape index (κ1) is 15.8. The molecule has 5 heteroatoms. The molecule has 1 aliphatic heterocycles. The number of carbonyl (C=O) groups is 1. The van der Waals surface area contributed by atoms with Gasteiger partial charge in [-0.15, -0.1) is 11.3 Å². The molecule has 122 valence electrons. The van der Waals surface area contributed by atoms with Gasteiger partial charge in [0, 0.05) is 31.6 Å². The van der Waals surface area contributed by atoms with Gasteiger partial charge in [-0.05, 0) is 32.6 Å². The minimum Gasteiger partial charge on any atom is -0.347 e. The third-order valence-electron chi connectivity index (χ3n) is 5.12. The van der Waals surface area contributed by atoms with E-state index >= 15 is 0 Å². The van der Waals surface area contributed by atoms with Crippen LogP contribution in [0.1, 0.15) is 50.6 Å². The molecule has 0 radical (unpaired) electrons. The van der Waals surface area contributed by atoms with Crippen LogP contribution in [0, 0.1) is 12.8 Å². The highest BCUT2D eigenvalue weighted by Crippen LogP contribution is 2.29. The third-order valence-corrected chi connectivity index (χ3v) is 6.14. The van der Waals surface area contributed by atoms with Gasteiger partial charge in [-0.25, -0.2) is 4.98 Å². The van der Waals surface area contributed by atoms with Crippen molar-refractivity contribution >= 4 is 22.4 Å². The molecule has 0 N–H and O–H groups in total. The van der Waals surface area contributed by atoms with E-state index < -0.39 is 0 Å². The van der Waals surface area contributed by atoms with Crippen LogP contribution >= 0.6 is 11.3 Å². The summed E-state index contributed by atoms with van der Waals surface area (Å²) in [7, 11) is 2.02. The number of nitrogens with zero attached hydrogens (tertiary/aromatic N) is 3. The highest BCUT2D eigenvalue weighted by molar-refractivity contribution is 7.13. The van der Waals surface area contributed by atoms with E-state index in [1.54, 1.807) is 11.3 Å². The van der Waals surface area contributed by atoms with Crippen molar-refractivity contribution in [1.82, 2.24) is 9.88 Å². The van der Waals surface area contributed by atoms with E-state index in [-0.39, 0.29) is 5.92 Å². The van der Waals surface area contributed by atoms with E-state index in [1.807, 2.05) is 14.0 Å². The van der Waals surface area contributed by atoms with Gasteiger partial charge in [0.25, 0.3) is 0 Å². The van der Waals surface area contributed by atoms with Crippen molar-refractivity contribution in [2.24, 2.45) is 5.92 Å². The zero-order valence-electron chi connectivity index (χ0n) is 13.8. The second kappa shape index (κ2) is 6.99. The van der Waals surface area contributed by atoms with Gasteiger partial charge >= 0.3 is 0 Å². The first-order valence-corrected chi connectivity index (χ1v) is 9.47. The Hall–Kier alpha value is -1.10. The van der Waals surface area contributed by atoms with Crippen LogP contribution in [-0.4, -0.2) is 42.0 Å². The first-order valence-electron chi connectivity index (χ1n) is 8.59. The van der Waals surface area contributed by atoms with E-state index in [1.165, 1.54) is 32.1 Å². The Morgan fingerprint density at radius 3 is 2.73 bits per heavy atom. The molecule has 1 aromatic heterocycles. The summed E-state index contributed by atoms with van der Waals surface area (Å²) in [5.74, 6) is 0.495. The SMILES string of the molecule is Cc1csc(N2CCC[C@@H](C(=O)N(C)C3CCCCC3)C2)n1. The van der Waals surface area contributed by atoms with Crippen LogP contribution in [0.2, 0.25) is 0 Å². The van der Waals surface area contributed by atoms with Crippen molar-refractivity contribution in [3.05, 3.63) is 11.1 Å². The summed E-state index contributed by atoms with van der Waals surface area (Å²) in [6.45, 7) is 3.90. The van der Waals surface area contributed by atoms with Crippen LogP contribution in [0.3, 0.4) is 0 Å². The number of aryl methyl sites for hydroxylation is 1. The van der Waals surface area contributed by atoms with Gasteiger partial charge in [0.2, 0.25) is 5.91 Å². The van der Waals surface area contributed by atoms with Crippen LogP contribution in [0.15, 0.2) is 5.38 Å². The zero-order valence-corrected chi connectivity index (χ0v) is 14.6. The molecule has 1 aliphatic carbocycles. The molecule has 1 saturated heterocycles. The fraction of sp³-hybridized carbons (Fsp3) is 0.765. The Morgan fingerprint density at radius 1 is 1.27 bits per heavy atom. The summed E-state index contributed by atoms with van der Waals surface area (Å²) in [6.07, 6.45) is 8.37. The Balaban J connectivity index is 1.62. The highest BCUT2D eigenvalue weighted by atomic mass is 32.1. The molecule has 2 aliphatic rings. The van der Waals surface area contributed by atoms with Crippen LogP contribution < -0.4 is 4.90 Å². The largest absolute Gasteiger partial charge is 0.347 e. The highest BCUT2D eigenvalue weighted by Gasteiger charge is 2.32. The monoisotopic (exact) mass is 321 g/mol. The predicted octanol–water partition coefficient (Wildman–Crippen LogP) is 3.46. The molecule has 0 aromatic carbocycles. The number of rotatable bonds is 3. The van der Waals surface area contributed by atoms with Gasteiger partial charge < -0.3 is 9.80 Å². The van der Waals surface area contributed by atoms with E-state index in [9.17, 15) is 4.79 Å². The number of anilines is 1. The van der Waals surface area contributed by atoms with Crippen LogP contribution in [0.25, 0.3) is 0 Å². The third kappa shape index (κ3) is 3.45. The van der Waals surface area contributed by atoms with Crippen LogP contribution in [-0.2, 0) is 4.79 Å². The summed E-state index contributed by atoms with van der Waals surface area (Å²) in [5.41, 5.74) is 1.08. The quantitative estimate of drug-likeness (QED) is 0.855. The number of amides is 1. The summed E-state index contributed by atoms with van der Waals surface area (Å²) in [5, 5.41) is 3.17. The lowest BCUT2D eigenvalue weighted by Gasteiger charge is -2.37. The summed E-state index contributed by atoms with van der Waals surface area (Å²) in [6, 6.07) is 0.471. The number of aromatic nitrogens is 1. The lowest BCUT2D eigenvalue weighted by atomic mass is 9.92. The molecule has 22 heavy (non-hydrogen) atoms. The second-order valence-corrected chi connectivity index (χ2v) is 7.63. The summed E-state index contributed by atoms with van der Waals surface area (Å²) >= 11 is 1.70. The van der Waals surface area contributed by atoms with Crippen molar-refractivity contribution in [3.8, 4) is 0 Å². The average Bonchev–Trinajstić information content (AvgIpc) is 3.01. The Morgan fingerprint density at radius 2 is 2.05 bits per heavy atom. The number of hydrogen-bond acceptors (Lipinski definition) is 4. The predicted molar refractivity (Wildman–Crippen MR) is 91.4 cm³/mol. The van der Waals surface area contributed by atoms with E-state index in [0.29, 0.717) is 11.9 Å². The van der Waals surface area contributed by atoms with Gasteiger partial charge in [-0.2, -0.15) is 0 Å². The number of thiazole rings is 1. The zero-order chi connectivity index (χ0) is 15.5. The number of piperidine rings is 1. The molecule has 0 spiro atoms. The second-order valence-electron chi connectivity index (χ2n) is 6.80. The van der Waals surface area contributed by atoms with Crippen molar-refractivity contribution < 1.29 is 4.79 Å². The molecular weight excluding hydrogens is 294 g/mol. The molecular formula is C17H27N3OS. The van der Waals surface area contributed by atoms with Crippen molar-refractivity contribution in [1.29, 1.82) is 0 Å².